The van der Waals surface area contributed by atoms with Crippen LogP contribution >= 0.6 is 11.6 Å². The van der Waals surface area contributed by atoms with Crippen molar-refractivity contribution in [2.24, 2.45) is 5.92 Å². The van der Waals surface area contributed by atoms with Gasteiger partial charge in [0.05, 0.1) is 13.2 Å². The number of hydrogen-bond donors (Lipinski definition) is 0. The van der Waals surface area contributed by atoms with Crippen LogP contribution in [0.15, 0.2) is 18.2 Å². The fraction of sp³-hybridized carbons (Fsp3) is 0.571. The van der Waals surface area contributed by atoms with Gasteiger partial charge in [0.25, 0.3) is 0 Å². The van der Waals surface area contributed by atoms with Crippen molar-refractivity contribution in [1.82, 2.24) is 0 Å². The van der Waals surface area contributed by atoms with Gasteiger partial charge in [-0.25, -0.2) is 0 Å². The molecule has 1 aliphatic rings. The van der Waals surface area contributed by atoms with Crippen LogP contribution in [0.5, 0.6) is 11.5 Å². The van der Waals surface area contributed by atoms with Crippen molar-refractivity contribution in [1.29, 1.82) is 0 Å². The van der Waals surface area contributed by atoms with E-state index in [1.54, 1.807) is 0 Å². The maximum Gasteiger partial charge on any atom is 0.161 e. The first kappa shape index (κ1) is 12.6. The Morgan fingerprint density at radius 1 is 1.24 bits per heavy atom. The zero-order valence-electron chi connectivity index (χ0n) is 10.2. The Hall–Kier alpha value is -0.890. The summed E-state index contributed by atoms with van der Waals surface area (Å²) in [4.78, 5) is 0. The molecule has 0 unspecified atom stereocenters. The number of rotatable bonds is 6. The highest BCUT2D eigenvalue weighted by molar-refractivity contribution is 6.17. The molecule has 0 atom stereocenters. The molecule has 3 heteroatoms. The number of alkyl halides is 1. The minimum Gasteiger partial charge on any atom is -0.490 e. The second-order valence-electron chi connectivity index (χ2n) is 4.46. The highest BCUT2D eigenvalue weighted by Gasteiger charge is 2.18. The summed E-state index contributed by atoms with van der Waals surface area (Å²) < 4.78 is 11.4. The molecule has 0 bridgehead atoms. The molecule has 1 saturated carbocycles. The second-order valence-corrected chi connectivity index (χ2v) is 4.72. The molecular formula is C14H19ClO2. The number of hydrogen-bond acceptors (Lipinski definition) is 2. The molecule has 0 radical (unpaired) electrons. The summed E-state index contributed by atoms with van der Waals surface area (Å²) in [5, 5.41) is 0. The van der Waals surface area contributed by atoms with E-state index in [1.807, 2.05) is 25.1 Å². The third-order valence-electron chi connectivity index (χ3n) is 3.16. The van der Waals surface area contributed by atoms with Crippen molar-refractivity contribution in [3.8, 4) is 11.5 Å². The average Bonchev–Trinajstić information content (AvgIpc) is 2.29. The molecule has 1 fully saturated rings. The number of ether oxygens (including phenoxy) is 2. The Morgan fingerprint density at radius 2 is 2.06 bits per heavy atom. The van der Waals surface area contributed by atoms with Crippen molar-refractivity contribution in [3.63, 3.8) is 0 Å². The Labute approximate surface area is 108 Å². The summed E-state index contributed by atoms with van der Waals surface area (Å²) in [5.74, 6) is 2.89. The highest BCUT2D eigenvalue weighted by atomic mass is 35.5. The topological polar surface area (TPSA) is 18.5 Å². The van der Waals surface area contributed by atoms with E-state index in [-0.39, 0.29) is 0 Å². The maximum absolute atomic E-state index is 5.83. The van der Waals surface area contributed by atoms with Gasteiger partial charge in [0.15, 0.2) is 11.5 Å². The summed E-state index contributed by atoms with van der Waals surface area (Å²) in [6, 6.07) is 5.92. The first-order valence-corrected chi connectivity index (χ1v) is 6.81. The van der Waals surface area contributed by atoms with Gasteiger partial charge in [-0.3, -0.25) is 0 Å². The monoisotopic (exact) mass is 254 g/mol. The molecule has 1 aromatic carbocycles. The zero-order valence-corrected chi connectivity index (χ0v) is 11.0. The predicted octanol–water partition coefficient (Wildman–Crippen LogP) is 4.00. The van der Waals surface area contributed by atoms with Crippen LogP contribution in [0, 0.1) is 5.92 Å². The molecule has 1 aromatic rings. The van der Waals surface area contributed by atoms with Crippen LogP contribution in [0.2, 0.25) is 0 Å². The Balaban J connectivity index is 2.02. The van der Waals surface area contributed by atoms with Crippen molar-refractivity contribution >= 4 is 11.6 Å². The summed E-state index contributed by atoms with van der Waals surface area (Å²) >= 11 is 5.81. The Morgan fingerprint density at radius 3 is 2.65 bits per heavy atom. The van der Waals surface area contributed by atoms with Gasteiger partial charge in [-0.05, 0) is 43.4 Å². The third-order valence-corrected chi connectivity index (χ3v) is 3.47. The lowest BCUT2D eigenvalue weighted by molar-refractivity contribution is 0.174. The SMILES string of the molecule is CCOc1cc(CCl)ccc1OCC1CCC1. The fourth-order valence-corrected chi connectivity index (χ4v) is 2.06. The lowest BCUT2D eigenvalue weighted by Gasteiger charge is -2.25. The fourth-order valence-electron chi connectivity index (χ4n) is 1.89. The first-order chi connectivity index (χ1) is 8.33. The molecule has 0 saturated heterocycles. The molecule has 0 amide bonds. The van der Waals surface area contributed by atoms with Crippen LogP contribution in [0.1, 0.15) is 31.7 Å². The van der Waals surface area contributed by atoms with E-state index in [9.17, 15) is 0 Å². The number of benzene rings is 1. The van der Waals surface area contributed by atoms with Crippen molar-refractivity contribution in [2.75, 3.05) is 13.2 Å². The van der Waals surface area contributed by atoms with Crippen LogP contribution < -0.4 is 9.47 Å². The zero-order chi connectivity index (χ0) is 12.1. The predicted molar refractivity (Wildman–Crippen MR) is 70.0 cm³/mol. The van der Waals surface area contributed by atoms with E-state index >= 15 is 0 Å². The molecular weight excluding hydrogens is 236 g/mol. The summed E-state index contributed by atoms with van der Waals surface area (Å²) in [7, 11) is 0. The molecule has 2 rings (SSSR count). The molecule has 17 heavy (non-hydrogen) atoms. The van der Waals surface area contributed by atoms with Gasteiger partial charge in [-0.2, -0.15) is 0 Å². The minimum atomic E-state index is 0.503. The van der Waals surface area contributed by atoms with Crippen LogP contribution in [-0.2, 0) is 5.88 Å². The van der Waals surface area contributed by atoms with E-state index in [4.69, 9.17) is 21.1 Å². The molecule has 0 aromatic heterocycles. The van der Waals surface area contributed by atoms with Gasteiger partial charge in [0, 0.05) is 5.88 Å². The quantitative estimate of drug-likeness (QED) is 0.715. The Bertz CT molecular complexity index is 361. The summed E-state index contributed by atoms with van der Waals surface area (Å²) in [6.07, 6.45) is 3.94. The van der Waals surface area contributed by atoms with Crippen molar-refractivity contribution in [3.05, 3.63) is 23.8 Å². The molecule has 94 valence electrons. The van der Waals surface area contributed by atoms with Gasteiger partial charge in [-0.1, -0.05) is 12.5 Å². The highest BCUT2D eigenvalue weighted by Crippen LogP contribution is 2.32. The Kier molecular flexibility index (Phi) is 4.55. The lowest BCUT2D eigenvalue weighted by Crippen LogP contribution is -2.19. The van der Waals surface area contributed by atoms with Gasteiger partial charge >= 0.3 is 0 Å². The molecule has 1 aliphatic carbocycles. The van der Waals surface area contributed by atoms with Crippen LogP contribution in [0.25, 0.3) is 0 Å². The normalized spacial score (nSPS) is 15.4. The van der Waals surface area contributed by atoms with Crippen LogP contribution in [0.3, 0.4) is 0 Å². The van der Waals surface area contributed by atoms with E-state index in [0.29, 0.717) is 12.5 Å². The summed E-state index contributed by atoms with van der Waals surface area (Å²) in [5.41, 5.74) is 1.06. The smallest absolute Gasteiger partial charge is 0.161 e. The second kappa shape index (κ2) is 6.15. The summed E-state index contributed by atoms with van der Waals surface area (Å²) in [6.45, 7) is 3.43. The van der Waals surface area contributed by atoms with Crippen molar-refractivity contribution in [2.45, 2.75) is 32.1 Å². The lowest BCUT2D eigenvalue weighted by atomic mass is 9.86. The number of halogens is 1. The van der Waals surface area contributed by atoms with Gasteiger partial charge in [0.1, 0.15) is 0 Å². The maximum atomic E-state index is 5.83. The van der Waals surface area contributed by atoms with Crippen LogP contribution in [-0.4, -0.2) is 13.2 Å². The third kappa shape index (κ3) is 3.29. The van der Waals surface area contributed by atoms with Gasteiger partial charge < -0.3 is 9.47 Å². The van der Waals surface area contributed by atoms with E-state index in [0.717, 1.165) is 29.6 Å². The van der Waals surface area contributed by atoms with Crippen LogP contribution in [0.4, 0.5) is 0 Å². The van der Waals surface area contributed by atoms with E-state index < -0.39 is 0 Å². The van der Waals surface area contributed by atoms with Gasteiger partial charge in [0.2, 0.25) is 0 Å². The molecule has 0 heterocycles. The first-order valence-electron chi connectivity index (χ1n) is 6.28. The van der Waals surface area contributed by atoms with Gasteiger partial charge in [-0.15, -0.1) is 11.6 Å². The largest absolute Gasteiger partial charge is 0.490 e. The molecule has 0 spiro atoms. The molecule has 0 N–H and O–H groups in total. The molecule has 2 nitrogen and oxygen atoms in total. The standard InChI is InChI=1S/C14H19ClO2/c1-2-16-14-8-12(9-15)6-7-13(14)17-10-11-4-3-5-11/h6-8,11H,2-5,9-10H2,1H3. The molecule has 0 aliphatic heterocycles. The van der Waals surface area contributed by atoms with E-state index in [2.05, 4.69) is 0 Å². The van der Waals surface area contributed by atoms with Crippen molar-refractivity contribution < 1.29 is 9.47 Å². The van der Waals surface area contributed by atoms with E-state index in [1.165, 1.54) is 19.3 Å². The minimum absolute atomic E-state index is 0.503. The average molecular weight is 255 g/mol.